The topological polar surface area (TPSA) is 119 Å². The minimum atomic E-state index is -1.03. The number of methoxy groups -OCH3 is 1. The molecule has 2 amide bonds. The van der Waals surface area contributed by atoms with E-state index in [4.69, 9.17) is 9.47 Å². The fourth-order valence-corrected chi connectivity index (χ4v) is 4.95. The van der Waals surface area contributed by atoms with Gasteiger partial charge in [-0.1, -0.05) is 12.1 Å². The van der Waals surface area contributed by atoms with Gasteiger partial charge < -0.3 is 19.3 Å². The summed E-state index contributed by atoms with van der Waals surface area (Å²) in [6.07, 6.45) is 1.56. The first-order valence-electron chi connectivity index (χ1n) is 10.4. The number of imide groups is 1. The molecule has 2 aromatic rings. The number of hydrogen-bond acceptors (Lipinski definition) is 8. The fourth-order valence-electron chi connectivity index (χ4n) is 3.26. The molecule has 1 N–H and O–H groups in total. The molecular weight excluding hydrogens is 589 g/mol. The van der Waals surface area contributed by atoms with Crippen LogP contribution in [0.5, 0.6) is 11.5 Å². The monoisotopic (exact) mass is 611 g/mol. The highest BCUT2D eigenvalue weighted by Crippen LogP contribution is 2.38. The smallest absolute Gasteiger partial charge is 0.335 e. The van der Waals surface area contributed by atoms with Crippen LogP contribution in [0.15, 0.2) is 41.3 Å². The van der Waals surface area contributed by atoms with E-state index in [-0.39, 0.29) is 17.1 Å². The van der Waals surface area contributed by atoms with Gasteiger partial charge in [0.25, 0.3) is 11.1 Å². The van der Waals surface area contributed by atoms with E-state index in [1.807, 2.05) is 6.92 Å². The third kappa shape index (κ3) is 6.14. The second-order valence-corrected chi connectivity index (χ2v) is 9.46. The average molecular weight is 611 g/mol. The maximum Gasteiger partial charge on any atom is 0.335 e. The summed E-state index contributed by atoms with van der Waals surface area (Å²) in [5.74, 6) is -1.38. The summed E-state index contributed by atoms with van der Waals surface area (Å²) in [5, 5.41) is 8.63. The van der Waals surface area contributed by atoms with Crippen molar-refractivity contribution < 1.29 is 38.5 Å². The van der Waals surface area contributed by atoms with Gasteiger partial charge in [-0.3, -0.25) is 14.5 Å². The Kier molecular flexibility index (Phi) is 8.78. The second-order valence-electron chi connectivity index (χ2n) is 7.31. The zero-order valence-electron chi connectivity index (χ0n) is 19.1. The molecule has 1 saturated heterocycles. The molecule has 1 aliphatic rings. The maximum absolute atomic E-state index is 12.8. The minimum absolute atomic E-state index is 0.126. The van der Waals surface area contributed by atoms with Crippen LogP contribution in [0.25, 0.3) is 6.08 Å². The number of carbonyl (C=O) groups is 4. The van der Waals surface area contributed by atoms with Crippen LogP contribution in [0.3, 0.4) is 0 Å². The number of carbonyl (C=O) groups excluding carboxylic acids is 3. The van der Waals surface area contributed by atoms with Gasteiger partial charge in [0.2, 0.25) is 0 Å². The van der Waals surface area contributed by atoms with Gasteiger partial charge in [0.1, 0.15) is 12.6 Å². The molecule has 0 unspecified atom stereocenters. The molecule has 0 aromatic heterocycles. The van der Waals surface area contributed by atoms with Crippen molar-refractivity contribution in [2.45, 2.75) is 26.5 Å². The van der Waals surface area contributed by atoms with E-state index in [1.54, 1.807) is 30.3 Å². The number of benzene rings is 2. The molecule has 0 saturated carbocycles. The Balaban J connectivity index is 1.86. The number of hydrogen-bond donors (Lipinski definition) is 1. The first-order valence-corrected chi connectivity index (χ1v) is 12.3. The number of carboxylic acids is 1. The molecule has 9 nitrogen and oxygen atoms in total. The number of amides is 2. The van der Waals surface area contributed by atoms with E-state index >= 15 is 0 Å². The lowest BCUT2D eigenvalue weighted by Crippen LogP contribution is -2.42. The summed E-state index contributed by atoms with van der Waals surface area (Å²) in [4.78, 5) is 49.2. The number of carboxylic acid groups (broad SMARTS) is 1. The molecule has 1 atom stereocenters. The van der Waals surface area contributed by atoms with E-state index in [1.165, 1.54) is 26.2 Å². The van der Waals surface area contributed by atoms with E-state index in [0.29, 0.717) is 32.8 Å². The van der Waals surface area contributed by atoms with E-state index in [2.05, 4.69) is 27.3 Å². The molecule has 1 aliphatic heterocycles. The van der Waals surface area contributed by atoms with E-state index in [9.17, 15) is 24.3 Å². The largest absolute Gasteiger partial charge is 0.490 e. The zero-order valence-corrected chi connectivity index (χ0v) is 22.0. The van der Waals surface area contributed by atoms with Crippen molar-refractivity contribution in [1.82, 2.24) is 4.90 Å². The Labute approximate surface area is 219 Å². The molecule has 3 rings (SSSR count). The number of esters is 1. The Morgan fingerprint density at radius 3 is 2.60 bits per heavy atom. The number of aromatic carboxylic acids is 1. The summed E-state index contributed by atoms with van der Waals surface area (Å²) in [5.41, 5.74) is 1.45. The first-order chi connectivity index (χ1) is 16.7. The zero-order chi connectivity index (χ0) is 25.7. The lowest BCUT2D eigenvalue weighted by atomic mass is 10.1. The van der Waals surface area contributed by atoms with Gasteiger partial charge >= 0.3 is 11.9 Å². The fraction of sp³-hybridized carbons (Fsp3) is 0.250. The second kappa shape index (κ2) is 11.6. The summed E-state index contributed by atoms with van der Waals surface area (Å²) < 4.78 is 17.0. The van der Waals surface area contributed by atoms with Gasteiger partial charge in [-0.2, -0.15) is 0 Å². The summed E-state index contributed by atoms with van der Waals surface area (Å²) in [6, 6.07) is 8.87. The molecule has 1 fully saturated rings. The quantitative estimate of drug-likeness (QED) is 0.247. The molecular formula is C24H22INO8S. The lowest BCUT2D eigenvalue weighted by Gasteiger charge is -2.18. The van der Waals surface area contributed by atoms with Gasteiger partial charge in [-0.15, -0.1) is 0 Å². The standard InChI is InChI=1S/C24H22INO8S/c1-4-33-18-10-15(11-19-21(27)26(24(31)35-19)13(2)23(30)32-3)9-17(25)20(18)34-12-14-6-5-7-16(8-14)22(28)29/h5-11,13H,4,12H2,1-3H3,(H,28,29)/b19-11+/t13-/m1/s1. The molecule has 0 aliphatic carbocycles. The average Bonchev–Trinajstić information content (AvgIpc) is 3.10. The Morgan fingerprint density at radius 1 is 1.20 bits per heavy atom. The van der Waals surface area contributed by atoms with Crippen molar-refractivity contribution >= 4 is 63.5 Å². The van der Waals surface area contributed by atoms with Gasteiger partial charge in [0.15, 0.2) is 11.5 Å². The molecule has 0 radical (unpaired) electrons. The Bertz CT molecular complexity index is 1210. The van der Waals surface area contributed by atoms with E-state index < -0.39 is 29.1 Å². The summed E-state index contributed by atoms with van der Waals surface area (Å²) >= 11 is 2.82. The normalized spacial score (nSPS) is 15.3. The molecule has 2 aromatic carbocycles. The number of thioether (sulfide) groups is 1. The number of ether oxygens (including phenoxy) is 3. The van der Waals surface area contributed by atoms with Gasteiger partial charge in [0, 0.05) is 0 Å². The van der Waals surface area contributed by atoms with Crippen LogP contribution in [0, 0.1) is 3.57 Å². The Hall–Kier alpha value is -3.06. The highest BCUT2D eigenvalue weighted by molar-refractivity contribution is 14.1. The van der Waals surface area contributed by atoms with Crippen LogP contribution in [-0.4, -0.2) is 52.8 Å². The predicted octanol–water partition coefficient (Wildman–Crippen LogP) is 4.56. The van der Waals surface area contributed by atoms with Crippen LogP contribution in [0.1, 0.15) is 35.3 Å². The van der Waals surface area contributed by atoms with Crippen LogP contribution in [0.4, 0.5) is 4.79 Å². The molecule has 11 heteroatoms. The number of rotatable bonds is 9. The van der Waals surface area contributed by atoms with Crippen molar-refractivity contribution in [1.29, 1.82) is 0 Å². The SMILES string of the molecule is CCOc1cc(/C=C2/SC(=O)N([C@H](C)C(=O)OC)C2=O)cc(I)c1OCc1cccc(C(=O)O)c1. The lowest BCUT2D eigenvalue weighted by molar-refractivity contribution is -0.148. The third-order valence-corrected chi connectivity index (χ3v) is 6.62. The third-order valence-electron chi connectivity index (χ3n) is 4.94. The van der Waals surface area contributed by atoms with Gasteiger partial charge in [0.05, 0.1) is 27.8 Å². The van der Waals surface area contributed by atoms with Gasteiger partial charge in [-0.05, 0) is 89.7 Å². The highest BCUT2D eigenvalue weighted by Gasteiger charge is 2.41. The number of nitrogens with zero attached hydrogens (tertiary/aromatic N) is 1. The van der Waals surface area contributed by atoms with Crippen LogP contribution < -0.4 is 9.47 Å². The highest BCUT2D eigenvalue weighted by atomic mass is 127. The van der Waals surface area contributed by atoms with Crippen LogP contribution in [0.2, 0.25) is 0 Å². The molecule has 184 valence electrons. The van der Waals surface area contributed by atoms with Crippen LogP contribution in [-0.2, 0) is 20.9 Å². The van der Waals surface area contributed by atoms with Crippen molar-refractivity contribution in [2.75, 3.05) is 13.7 Å². The molecule has 0 bridgehead atoms. The van der Waals surface area contributed by atoms with Crippen molar-refractivity contribution in [3.63, 3.8) is 0 Å². The molecule has 1 heterocycles. The maximum atomic E-state index is 12.8. The number of halogens is 1. The van der Waals surface area contributed by atoms with E-state index in [0.717, 1.165) is 16.7 Å². The Morgan fingerprint density at radius 2 is 1.94 bits per heavy atom. The summed E-state index contributed by atoms with van der Waals surface area (Å²) in [6.45, 7) is 3.73. The predicted molar refractivity (Wildman–Crippen MR) is 137 cm³/mol. The summed E-state index contributed by atoms with van der Waals surface area (Å²) in [7, 11) is 1.19. The van der Waals surface area contributed by atoms with Crippen molar-refractivity contribution in [2.24, 2.45) is 0 Å². The van der Waals surface area contributed by atoms with Crippen LogP contribution >= 0.6 is 34.4 Å². The molecule has 35 heavy (non-hydrogen) atoms. The van der Waals surface area contributed by atoms with Gasteiger partial charge in [-0.25, -0.2) is 9.59 Å². The minimum Gasteiger partial charge on any atom is -0.490 e. The van der Waals surface area contributed by atoms with Crippen molar-refractivity contribution in [3.05, 3.63) is 61.6 Å². The molecule has 0 spiro atoms. The first kappa shape index (κ1) is 26.5. The van der Waals surface area contributed by atoms with Crippen molar-refractivity contribution in [3.8, 4) is 11.5 Å².